The van der Waals surface area contributed by atoms with Crippen molar-refractivity contribution in [3.8, 4) is 5.75 Å². The summed E-state index contributed by atoms with van der Waals surface area (Å²) in [4.78, 5) is 21.4. The van der Waals surface area contributed by atoms with Crippen LogP contribution in [-0.2, 0) is 9.59 Å². The Labute approximate surface area is 112 Å². The second-order valence-corrected chi connectivity index (χ2v) is 4.48. The van der Waals surface area contributed by atoms with Crippen molar-refractivity contribution in [1.82, 2.24) is 5.32 Å². The first-order valence-electron chi connectivity index (χ1n) is 4.95. The molecule has 0 heterocycles. The van der Waals surface area contributed by atoms with E-state index in [1.807, 2.05) is 12.1 Å². The molecule has 1 amide bonds. The van der Waals surface area contributed by atoms with Crippen LogP contribution in [0.5, 0.6) is 5.75 Å². The second-order valence-electron chi connectivity index (χ2n) is 3.24. The molecule has 0 saturated carbocycles. The van der Waals surface area contributed by atoms with E-state index in [4.69, 9.17) is 9.84 Å². The summed E-state index contributed by atoms with van der Waals surface area (Å²) in [6, 6.07) is 7.29. The van der Waals surface area contributed by atoms with Gasteiger partial charge in [-0.1, -0.05) is 0 Å². The minimum Gasteiger partial charge on any atom is -0.484 e. The lowest BCUT2D eigenvalue weighted by molar-refractivity contribution is -0.137. The highest BCUT2D eigenvalue weighted by Gasteiger charge is 2.03. The van der Waals surface area contributed by atoms with E-state index < -0.39 is 5.97 Å². The Morgan fingerprint density at radius 3 is 2.53 bits per heavy atom. The zero-order valence-corrected chi connectivity index (χ0v) is 11.1. The fraction of sp³-hybridized carbons (Fsp3) is 0.273. The highest BCUT2D eigenvalue weighted by Crippen LogP contribution is 2.12. The molecule has 0 spiro atoms. The fourth-order valence-corrected chi connectivity index (χ4v) is 1.40. The van der Waals surface area contributed by atoms with Gasteiger partial charge in [-0.25, -0.2) is 0 Å². The number of ether oxygens (including phenoxy) is 1. The van der Waals surface area contributed by atoms with Crippen LogP contribution in [0.1, 0.15) is 6.42 Å². The first-order chi connectivity index (χ1) is 8.08. The van der Waals surface area contributed by atoms with Gasteiger partial charge in [0.15, 0.2) is 6.61 Å². The summed E-state index contributed by atoms with van der Waals surface area (Å²) >= 11 is 2.17. The lowest BCUT2D eigenvalue weighted by Gasteiger charge is -2.06. The van der Waals surface area contributed by atoms with Crippen LogP contribution in [0.3, 0.4) is 0 Å². The van der Waals surface area contributed by atoms with Crippen LogP contribution in [0.15, 0.2) is 24.3 Å². The summed E-state index contributed by atoms with van der Waals surface area (Å²) in [6.07, 6.45) is -0.0880. The summed E-state index contributed by atoms with van der Waals surface area (Å²) in [6.45, 7) is 0.00439. The Balaban J connectivity index is 2.23. The van der Waals surface area contributed by atoms with Crippen LogP contribution in [0, 0.1) is 3.57 Å². The van der Waals surface area contributed by atoms with Crippen molar-refractivity contribution < 1.29 is 19.4 Å². The smallest absolute Gasteiger partial charge is 0.305 e. The van der Waals surface area contributed by atoms with E-state index in [1.165, 1.54) is 0 Å². The molecular weight excluding hydrogens is 337 g/mol. The van der Waals surface area contributed by atoms with Crippen LogP contribution >= 0.6 is 22.6 Å². The van der Waals surface area contributed by atoms with Crippen molar-refractivity contribution in [3.63, 3.8) is 0 Å². The summed E-state index contributed by atoms with van der Waals surface area (Å²) in [5.74, 6) is -0.660. The van der Waals surface area contributed by atoms with Gasteiger partial charge in [0.1, 0.15) is 5.75 Å². The van der Waals surface area contributed by atoms with Crippen molar-refractivity contribution in [2.24, 2.45) is 0 Å². The third-order valence-electron chi connectivity index (χ3n) is 1.84. The number of halogens is 1. The Bertz CT molecular complexity index is 391. The Morgan fingerprint density at radius 1 is 1.29 bits per heavy atom. The highest BCUT2D eigenvalue weighted by molar-refractivity contribution is 14.1. The van der Waals surface area contributed by atoms with E-state index in [-0.39, 0.29) is 25.5 Å². The van der Waals surface area contributed by atoms with E-state index in [2.05, 4.69) is 27.9 Å². The van der Waals surface area contributed by atoms with Crippen LogP contribution in [0.4, 0.5) is 0 Å². The number of rotatable bonds is 6. The molecule has 1 aromatic rings. The number of hydrogen-bond donors (Lipinski definition) is 2. The number of carboxylic acids is 1. The monoisotopic (exact) mass is 349 g/mol. The van der Waals surface area contributed by atoms with Gasteiger partial charge in [-0.3, -0.25) is 9.59 Å². The molecule has 0 aliphatic heterocycles. The molecule has 0 aromatic heterocycles. The SMILES string of the molecule is O=C(O)CCNC(=O)COc1ccc(I)cc1. The maximum Gasteiger partial charge on any atom is 0.305 e. The molecule has 0 aliphatic carbocycles. The summed E-state index contributed by atoms with van der Waals surface area (Å²) in [5.41, 5.74) is 0. The normalized spacial score (nSPS) is 9.71. The van der Waals surface area contributed by atoms with Crippen molar-refractivity contribution in [2.75, 3.05) is 13.2 Å². The average Bonchev–Trinajstić information content (AvgIpc) is 2.28. The molecule has 6 heteroatoms. The van der Waals surface area contributed by atoms with Gasteiger partial charge in [-0.15, -0.1) is 0 Å². The molecule has 92 valence electrons. The summed E-state index contributed by atoms with van der Waals surface area (Å²) < 4.78 is 6.30. The van der Waals surface area contributed by atoms with E-state index in [9.17, 15) is 9.59 Å². The van der Waals surface area contributed by atoms with Crippen LogP contribution in [0.2, 0.25) is 0 Å². The molecule has 0 aliphatic rings. The number of nitrogens with one attached hydrogen (secondary N) is 1. The number of benzene rings is 1. The Hall–Kier alpha value is -1.31. The van der Waals surface area contributed by atoms with Gasteiger partial charge in [-0.2, -0.15) is 0 Å². The fourth-order valence-electron chi connectivity index (χ4n) is 1.04. The number of carbonyl (C=O) groups excluding carboxylic acids is 1. The number of carbonyl (C=O) groups is 2. The van der Waals surface area contributed by atoms with Gasteiger partial charge in [0.05, 0.1) is 6.42 Å². The van der Waals surface area contributed by atoms with Crippen molar-refractivity contribution in [1.29, 1.82) is 0 Å². The molecule has 2 N–H and O–H groups in total. The van der Waals surface area contributed by atoms with Crippen LogP contribution < -0.4 is 10.1 Å². The van der Waals surface area contributed by atoms with Gasteiger partial charge in [0.2, 0.25) is 0 Å². The third-order valence-corrected chi connectivity index (χ3v) is 2.56. The highest BCUT2D eigenvalue weighted by atomic mass is 127. The minimum atomic E-state index is -0.941. The summed E-state index contributed by atoms with van der Waals surface area (Å²) in [5, 5.41) is 10.8. The van der Waals surface area contributed by atoms with E-state index in [0.717, 1.165) is 3.57 Å². The van der Waals surface area contributed by atoms with Gasteiger partial charge in [-0.05, 0) is 46.9 Å². The second kappa shape index (κ2) is 7.10. The maximum absolute atomic E-state index is 11.2. The van der Waals surface area contributed by atoms with Gasteiger partial charge < -0.3 is 15.2 Å². The maximum atomic E-state index is 11.2. The summed E-state index contributed by atoms with van der Waals surface area (Å²) in [7, 11) is 0. The zero-order chi connectivity index (χ0) is 12.7. The number of aliphatic carboxylic acids is 1. The first kappa shape index (κ1) is 13.8. The number of amides is 1. The Kier molecular flexibility index (Phi) is 5.75. The van der Waals surface area contributed by atoms with E-state index >= 15 is 0 Å². The van der Waals surface area contributed by atoms with Gasteiger partial charge >= 0.3 is 5.97 Å². The molecule has 0 fully saturated rings. The topological polar surface area (TPSA) is 75.6 Å². The number of hydrogen-bond acceptors (Lipinski definition) is 3. The average molecular weight is 349 g/mol. The number of carboxylic acid groups (broad SMARTS) is 1. The lowest BCUT2D eigenvalue weighted by Crippen LogP contribution is -2.30. The molecule has 1 aromatic carbocycles. The van der Waals surface area contributed by atoms with Crippen molar-refractivity contribution in [2.45, 2.75) is 6.42 Å². The van der Waals surface area contributed by atoms with Gasteiger partial charge in [0, 0.05) is 10.1 Å². The largest absolute Gasteiger partial charge is 0.484 e. The van der Waals surface area contributed by atoms with Gasteiger partial charge in [0.25, 0.3) is 5.91 Å². The van der Waals surface area contributed by atoms with Crippen LogP contribution in [-0.4, -0.2) is 30.1 Å². The molecule has 1 rings (SSSR count). The van der Waals surface area contributed by atoms with Crippen molar-refractivity contribution in [3.05, 3.63) is 27.8 Å². The minimum absolute atomic E-state index is 0.0880. The molecule has 0 bridgehead atoms. The molecular formula is C11H12INO4. The van der Waals surface area contributed by atoms with E-state index in [0.29, 0.717) is 5.75 Å². The standard InChI is InChI=1S/C11H12INO4/c12-8-1-3-9(4-2-8)17-7-10(14)13-6-5-11(15)16/h1-4H,5-7H2,(H,13,14)(H,15,16). The lowest BCUT2D eigenvalue weighted by atomic mass is 10.3. The molecule has 0 unspecified atom stereocenters. The van der Waals surface area contributed by atoms with Crippen LogP contribution in [0.25, 0.3) is 0 Å². The predicted molar refractivity (Wildman–Crippen MR) is 69.9 cm³/mol. The van der Waals surface area contributed by atoms with Crippen molar-refractivity contribution >= 4 is 34.5 Å². The zero-order valence-electron chi connectivity index (χ0n) is 8.98. The quantitative estimate of drug-likeness (QED) is 0.759. The Morgan fingerprint density at radius 2 is 1.94 bits per heavy atom. The molecule has 0 atom stereocenters. The molecule has 17 heavy (non-hydrogen) atoms. The van der Waals surface area contributed by atoms with E-state index in [1.54, 1.807) is 12.1 Å². The molecule has 0 saturated heterocycles. The molecule has 0 radical (unpaired) electrons. The third kappa shape index (κ3) is 6.10. The predicted octanol–water partition coefficient (Wildman–Crippen LogP) is 1.26. The molecule has 5 nitrogen and oxygen atoms in total. The first-order valence-corrected chi connectivity index (χ1v) is 6.02.